The van der Waals surface area contributed by atoms with Gasteiger partial charge in [-0.1, -0.05) is 36.4 Å². The third kappa shape index (κ3) is 3.19. The highest BCUT2D eigenvalue weighted by molar-refractivity contribution is 7.14. The summed E-state index contributed by atoms with van der Waals surface area (Å²) in [5.74, 6) is -2.59. The zero-order valence-corrected chi connectivity index (χ0v) is 14.2. The second-order valence-electron chi connectivity index (χ2n) is 5.68. The number of nitrogens with one attached hydrogen (secondary N) is 1. The lowest BCUT2D eigenvalue weighted by molar-refractivity contribution is 0.102. The predicted molar refractivity (Wildman–Crippen MR) is 99.4 cm³/mol. The van der Waals surface area contributed by atoms with E-state index in [1.54, 1.807) is 0 Å². The lowest BCUT2D eigenvalue weighted by Gasteiger charge is -2.03. The van der Waals surface area contributed by atoms with E-state index < -0.39 is 17.5 Å². The number of fused-ring (bicyclic) bond motifs is 1. The van der Waals surface area contributed by atoms with E-state index in [2.05, 4.69) is 10.3 Å². The van der Waals surface area contributed by atoms with Gasteiger partial charge in [0.1, 0.15) is 0 Å². The Morgan fingerprint density at radius 2 is 1.73 bits per heavy atom. The summed E-state index contributed by atoms with van der Waals surface area (Å²) in [6.07, 6.45) is 0. The van der Waals surface area contributed by atoms with Crippen LogP contribution in [0.3, 0.4) is 0 Å². The highest BCUT2D eigenvalue weighted by Crippen LogP contribution is 2.28. The minimum Gasteiger partial charge on any atom is -0.298 e. The minimum absolute atomic E-state index is 0.0337. The molecule has 0 aliphatic heterocycles. The number of carbonyl (C=O) groups is 1. The van der Waals surface area contributed by atoms with Gasteiger partial charge in [0.15, 0.2) is 16.8 Å². The summed E-state index contributed by atoms with van der Waals surface area (Å²) in [4.78, 5) is 16.6. The van der Waals surface area contributed by atoms with Crippen molar-refractivity contribution in [2.45, 2.75) is 0 Å². The summed E-state index contributed by atoms with van der Waals surface area (Å²) in [7, 11) is 0. The molecule has 1 amide bonds. The normalized spacial score (nSPS) is 10.8. The third-order valence-electron chi connectivity index (χ3n) is 3.95. The van der Waals surface area contributed by atoms with E-state index >= 15 is 0 Å². The second kappa shape index (κ2) is 6.65. The van der Waals surface area contributed by atoms with Crippen LogP contribution in [0.1, 0.15) is 10.4 Å². The number of nitrogens with zero attached hydrogens (tertiary/aromatic N) is 1. The van der Waals surface area contributed by atoms with Crippen molar-refractivity contribution in [2.24, 2.45) is 0 Å². The van der Waals surface area contributed by atoms with Crippen LogP contribution in [-0.4, -0.2) is 10.9 Å². The van der Waals surface area contributed by atoms with Gasteiger partial charge in [-0.15, -0.1) is 11.3 Å². The Labute approximate surface area is 151 Å². The second-order valence-corrected chi connectivity index (χ2v) is 6.54. The molecule has 26 heavy (non-hydrogen) atoms. The molecule has 6 heteroatoms. The molecule has 1 heterocycles. The first kappa shape index (κ1) is 16.4. The number of halogens is 2. The first-order valence-corrected chi connectivity index (χ1v) is 8.69. The number of hydrogen-bond donors (Lipinski definition) is 1. The molecule has 1 aromatic heterocycles. The zero-order chi connectivity index (χ0) is 18.1. The van der Waals surface area contributed by atoms with Crippen molar-refractivity contribution in [1.29, 1.82) is 0 Å². The van der Waals surface area contributed by atoms with E-state index in [0.29, 0.717) is 5.13 Å². The summed E-state index contributed by atoms with van der Waals surface area (Å²) in [6.45, 7) is 0. The largest absolute Gasteiger partial charge is 0.298 e. The van der Waals surface area contributed by atoms with Gasteiger partial charge >= 0.3 is 0 Å². The fourth-order valence-corrected chi connectivity index (χ4v) is 3.33. The molecule has 0 aliphatic carbocycles. The van der Waals surface area contributed by atoms with Crippen molar-refractivity contribution < 1.29 is 13.6 Å². The molecule has 3 nitrogen and oxygen atoms in total. The number of anilines is 1. The van der Waals surface area contributed by atoms with Gasteiger partial charge in [0.25, 0.3) is 5.91 Å². The maximum absolute atomic E-state index is 13.3. The molecule has 0 saturated heterocycles. The zero-order valence-electron chi connectivity index (χ0n) is 13.4. The topological polar surface area (TPSA) is 42.0 Å². The number of aromatic nitrogens is 1. The third-order valence-corrected chi connectivity index (χ3v) is 4.71. The van der Waals surface area contributed by atoms with Crippen molar-refractivity contribution in [3.8, 4) is 11.3 Å². The summed E-state index contributed by atoms with van der Waals surface area (Å²) in [5, 5.41) is 7.08. The van der Waals surface area contributed by atoms with Crippen molar-refractivity contribution >= 4 is 33.1 Å². The van der Waals surface area contributed by atoms with E-state index in [4.69, 9.17) is 0 Å². The maximum Gasteiger partial charge on any atom is 0.257 e. The van der Waals surface area contributed by atoms with Gasteiger partial charge in [-0.05, 0) is 35.0 Å². The van der Waals surface area contributed by atoms with Crippen LogP contribution in [0, 0.1) is 11.6 Å². The van der Waals surface area contributed by atoms with Crippen LogP contribution in [-0.2, 0) is 0 Å². The fraction of sp³-hybridized carbons (Fsp3) is 0. The molecular weight excluding hydrogens is 354 g/mol. The van der Waals surface area contributed by atoms with E-state index in [1.807, 2.05) is 47.8 Å². The molecule has 4 rings (SSSR count). The van der Waals surface area contributed by atoms with Crippen molar-refractivity contribution in [1.82, 2.24) is 4.98 Å². The molecular formula is C20H12F2N2OS. The standard InChI is InChI=1S/C20H12F2N2OS/c21-16-8-7-15(10-17(16)22)19(25)24-20-23-18(11-26-20)14-6-5-12-3-1-2-4-13(12)9-14/h1-11H,(H,23,24,25). The minimum atomic E-state index is -1.06. The van der Waals surface area contributed by atoms with Gasteiger partial charge in [-0.3, -0.25) is 10.1 Å². The Kier molecular flexibility index (Phi) is 4.18. The van der Waals surface area contributed by atoms with E-state index in [9.17, 15) is 13.6 Å². The first-order valence-electron chi connectivity index (χ1n) is 7.81. The van der Waals surface area contributed by atoms with Crippen molar-refractivity contribution in [3.63, 3.8) is 0 Å². The van der Waals surface area contributed by atoms with Crippen LogP contribution in [0.2, 0.25) is 0 Å². The molecule has 128 valence electrons. The van der Waals surface area contributed by atoms with Crippen LogP contribution >= 0.6 is 11.3 Å². The molecule has 1 N–H and O–H groups in total. The quantitative estimate of drug-likeness (QED) is 0.521. The smallest absolute Gasteiger partial charge is 0.257 e. The lowest BCUT2D eigenvalue weighted by atomic mass is 10.1. The molecule has 0 spiro atoms. The predicted octanol–water partition coefficient (Wildman–Crippen LogP) is 5.49. The Balaban J connectivity index is 1.57. The lowest BCUT2D eigenvalue weighted by Crippen LogP contribution is -2.12. The molecule has 0 aliphatic rings. The van der Waals surface area contributed by atoms with E-state index in [0.717, 1.165) is 34.2 Å². The number of thiazole rings is 1. The van der Waals surface area contributed by atoms with E-state index in [1.165, 1.54) is 17.4 Å². The monoisotopic (exact) mass is 366 g/mol. The molecule has 0 radical (unpaired) electrons. The number of hydrogen-bond acceptors (Lipinski definition) is 3. The summed E-state index contributed by atoms with van der Waals surface area (Å²) < 4.78 is 26.2. The van der Waals surface area contributed by atoms with Crippen LogP contribution in [0.15, 0.2) is 66.0 Å². The van der Waals surface area contributed by atoms with E-state index in [-0.39, 0.29) is 5.56 Å². The van der Waals surface area contributed by atoms with Crippen LogP contribution < -0.4 is 5.32 Å². The van der Waals surface area contributed by atoms with Gasteiger partial charge in [0.05, 0.1) is 5.69 Å². The van der Waals surface area contributed by atoms with Gasteiger partial charge in [-0.2, -0.15) is 0 Å². The molecule has 0 fully saturated rings. The Morgan fingerprint density at radius 3 is 2.54 bits per heavy atom. The molecule has 0 unspecified atom stereocenters. The SMILES string of the molecule is O=C(Nc1nc(-c2ccc3ccccc3c2)cs1)c1ccc(F)c(F)c1. The highest BCUT2D eigenvalue weighted by atomic mass is 32.1. The Hall–Kier alpha value is -3.12. The number of amides is 1. The molecule has 0 atom stereocenters. The van der Waals surface area contributed by atoms with Crippen LogP contribution in [0.4, 0.5) is 13.9 Å². The van der Waals surface area contributed by atoms with Gasteiger partial charge in [0, 0.05) is 16.5 Å². The highest BCUT2D eigenvalue weighted by Gasteiger charge is 2.12. The Bertz CT molecular complexity index is 1120. The van der Waals surface area contributed by atoms with Crippen LogP contribution in [0.5, 0.6) is 0 Å². The van der Waals surface area contributed by atoms with Gasteiger partial charge < -0.3 is 0 Å². The fourth-order valence-electron chi connectivity index (χ4n) is 2.62. The molecule has 0 saturated carbocycles. The maximum atomic E-state index is 13.3. The first-order chi connectivity index (χ1) is 12.6. The average Bonchev–Trinajstić information content (AvgIpc) is 3.12. The molecule has 3 aromatic carbocycles. The summed E-state index contributed by atoms with van der Waals surface area (Å²) in [6, 6.07) is 17.1. The average molecular weight is 366 g/mol. The van der Waals surface area contributed by atoms with Gasteiger partial charge in [-0.25, -0.2) is 13.8 Å². The van der Waals surface area contributed by atoms with Crippen LogP contribution in [0.25, 0.3) is 22.0 Å². The molecule has 4 aromatic rings. The van der Waals surface area contributed by atoms with Gasteiger partial charge in [0.2, 0.25) is 0 Å². The number of benzene rings is 3. The molecule has 0 bridgehead atoms. The van der Waals surface area contributed by atoms with Crippen molar-refractivity contribution in [2.75, 3.05) is 5.32 Å². The Morgan fingerprint density at radius 1 is 0.923 bits per heavy atom. The van der Waals surface area contributed by atoms with Crippen molar-refractivity contribution in [3.05, 3.63) is 83.2 Å². The number of rotatable bonds is 3. The number of carbonyl (C=O) groups excluding carboxylic acids is 1. The summed E-state index contributed by atoms with van der Waals surface area (Å²) in [5.41, 5.74) is 1.71. The summed E-state index contributed by atoms with van der Waals surface area (Å²) >= 11 is 1.27.